The van der Waals surface area contributed by atoms with Crippen LogP contribution in [0.4, 0.5) is 0 Å². The maximum absolute atomic E-state index is 9.45. The SMILES string of the molecule is NC(O)CC(O)c1ccccc1. The molecule has 0 fully saturated rings. The molecule has 2 unspecified atom stereocenters. The quantitative estimate of drug-likeness (QED) is 0.570. The molecular formula is C9H13NO2. The Morgan fingerprint density at radius 2 is 1.75 bits per heavy atom. The second kappa shape index (κ2) is 4.21. The Morgan fingerprint density at radius 1 is 1.17 bits per heavy atom. The van der Waals surface area contributed by atoms with Crippen LogP contribution in [0.5, 0.6) is 0 Å². The van der Waals surface area contributed by atoms with Gasteiger partial charge in [0, 0.05) is 6.42 Å². The second-order valence-electron chi connectivity index (χ2n) is 2.73. The van der Waals surface area contributed by atoms with Crippen molar-refractivity contribution < 1.29 is 10.2 Å². The van der Waals surface area contributed by atoms with Crippen LogP contribution in [0.1, 0.15) is 18.1 Å². The first-order valence-corrected chi connectivity index (χ1v) is 3.87. The smallest absolute Gasteiger partial charge is 0.105 e. The van der Waals surface area contributed by atoms with Crippen molar-refractivity contribution in [1.82, 2.24) is 0 Å². The lowest BCUT2D eigenvalue weighted by Gasteiger charge is -2.11. The monoisotopic (exact) mass is 167 g/mol. The van der Waals surface area contributed by atoms with Crippen molar-refractivity contribution in [3.63, 3.8) is 0 Å². The highest BCUT2D eigenvalue weighted by atomic mass is 16.3. The summed E-state index contributed by atoms with van der Waals surface area (Å²) in [5.74, 6) is 0. The highest BCUT2D eigenvalue weighted by molar-refractivity contribution is 5.17. The van der Waals surface area contributed by atoms with E-state index in [1.54, 1.807) is 12.1 Å². The van der Waals surface area contributed by atoms with Crippen molar-refractivity contribution in [1.29, 1.82) is 0 Å². The Kier molecular flexibility index (Phi) is 3.22. The zero-order chi connectivity index (χ0) is 8.97. The maximum atomic E-state index is 9.45. The minimum atomic E-state index is -0.958. The van der Waals surface area contributed by atoms with E-state index in [9.17, 15) is 5.11 Å². The van der Waals surface area contributed by atoms with Crippen LogP contribution >= 0.6 is 0 Å². The van der Waals surface area contributed by atoms with Gasteiger partial charge in [0.25, 0.3) is 0 Å². The standard InChI is InChI=1S/C9H13NO2/c10-9(12)6-8(11)7-4-2-1-3-5-7/h1-5,8-9,11-12H,6,10H2. The summed E-state index contributed by atoms with van der Waals surface area (Å²) >= 11 is 0. The fraction of sp³-hybridized carbons (Fsp3) is 0.333. The molecule has 3 heteroatoms. The van der Waals surface area contributed by atoms with E-state index in [1.165, 1.54) is 0 Å². The number of rotatable bonds is 3. The van der Waals surface area contributed by atoms with Crippen LogP contribution in [0.2, 0.25) is 0 Å². The van der Waals surface area contributed by atoms with Crippen molar-refractivity contribution in [3.8, 4) is 0 Å². The molecule has 1 aromatic rings. The lowest BCUT2D eigenvalue weighted by atomic mass is 10.1. The van der Waals surface area contributed by atoms with E-state index in [1.807, 2.05) is 18.2 Å². The molecule has 2 atom stereocenters. The van der Waals surface area contributed by atoms with Gasteiger partial charge in [-0.25, -0.2) is 0 Å². The predicted octanol–water partition coefficient (Wildman–Crippen LogP) is 0.387. The van der Waals surface area contributed by atoms with Crippen LogP contribution in [-0.4, -0.2) is 16.4 Å². The van der Waals surface area contributed by atoms with E-state index >= 15 is 0 Å². The fourth-order valence-electron chi connectivity index (χ4n) is 1.04. The van der Waals surface area contributed by atoms with Gasteiger partial charge < -0.3 is 15.9 Å². The van der Waals surface area contributed by atoms with Gasteiger partial charge in [-0.05, 0) is 5.56 Å². The average molecular weight is 167 g/mol. The summed E-state index contributed by atoms with van der Waals surface area (Å²) in [4.78, 5) is 0. The van der Waals surface area contributed by atoms with Crippen molar-refractivity contribution >= 4 is 0 Å². The van der Waals surface area contributed by atoms with Gasteiger partial charge in [-0.15, -0.1) is 0 Å². The van der Waals surface area contributed by atoms with Crippen molar-refractivity contribution in [2.24, 2.45) is 5.73 Å². The molecule has 3 nitrogen and oxygen atoms in total. The number of nitrogens with two attached hydrogens (primary N) is 1. The van der Waals surface area contributed by atoms with Crippen LogP contribution in [0.3, 0.4) is 0 Å². The lowest BCUT2D eigenvalue weighted by molar-refractivity contribution is 0.0843. The molecule has 0 saturated heterocycles. The number of benzene rings is 1. The van der Waals surface area contributed by atoms with Crippen LogP contribution < -0.4 is 5.73 Å². The molecule has 1 aromatic carbocycles. The first-order valence-electron chi connectivity index (χ1n) is 3.87. The molecule has 1 rings (SSSR count). The predicted molar refractivity (Wildman–Crippen MR) is 46.2 cm³/mol. The first kappa shape index (κ1) is 9.19. The highest BCUT2D eigenvalue weighted by Crippen LogP contribution is 2.15. The molecule has 0 aliphatic carbocycles. The minimum absolute atomic E-state index is 0.171. The molecule has 0 aromatic heterocycles. The summed E-state index contributed by atoms with van der Waals surface area (Å²) < 4.78 is 0. The number of aliphatic hydroxyl groups is 2. The highest BCUT2D eigenvalue weighted by Gasteiger charge is 2.09. The van der Waals surface area contributed by atoms with Gasteiger partial charge >= 0.3 is 0 Å². The molecule has 0 bridgehead atoms. The third-order valence-electron chi connectivity index (χ3n) is 1.65. The van der Waals surface area contributed by atoms with E-state index in [0.29, 0.717) is 0 Å². The van der Waals surface area contributed by atoms with Gasteiger partial charge in [-0.1, -0.05) is 30.3 Å². The zero-order valence-corrected chi connectivity index (χ0v) is 6.72. The Hall–Kier alpha value is -0.900. The van der Waals surface area contributed by atoms with E-state index in [0.717, 1.165) is 5.56 Å². The summed E-state index contributed by atoms with van der Waals surface area (Å²) in [7, 11) is 0. The van der Waals surface area contributed by atoms with Crippen LogP contribution in [-0.2, 0) is 0 Å². The summed E-state index contributed by atoms with van der Waals surface area (Å²) in [5, 5.41) is 18.3. The Morgan fingerprint density at radius 3 is 2.25 bits per heavy atom. The van der Waals surface area contributed by atoms with E-state index in [4.69, 9.17) is 10.8 Å². The molecule has 0 heterocycles. The van der Waals surface area contributed by atoms with Crippen LogP contribution in [0.25, 0.3) is 0 Å². The summed E-state index contributed by atoms with van der Waals surface area (Å²) in [6.07, 6.45) is -1.46. The maximum Gasteiger partial charge on any atom is 0.105 e. The largest absolute Gasteiger partial charge is 0.388 e. The molecule has 0 radical (unpaired) electrons. The summed E-state index contributed by atoms with van der Waals surface area (Å²) in [5.41, 5.74) is 5.91. The topological polar surface area (TPSA) is 66.5 Å². The van der Waals surface area contributed by atoms with Gasteiger partial charge in [0.15, 0.2) is 0 Å². The third-order valence-corrected chi connectivity index (χ3v) is 1.65. The van der Waals surface area contributed by atoms with E-state index in [2.05, 4.69) is 0 Å². The fourth-order valence-corrected chi connectivity index (χ4v) is 1.04. The van der Waals surface area contributed by atoms with E-state index in [-0.39, 0.29) is 6.42 Å². The van der Waals surface area contributed by atoms with Crippen molar-refractivity contribution in [2.45, 2.75) is 18.8 Å². The second-order valence-corrected chi connectivity index (χ2v) is 2.73. The number of hydrogen-bond acceptors (Lipinski definition) is 3. The van der Waals surface area contributed by atoms with Gasteiger partial charge in [0.2, 0.25) is 0 Å². The number of aliphatic hydroxyl groups excluding tert-OH is 2. The van der Waals surface area contributed by atoms with Gasteiger partial charge in [-0.3, -0.25) is 0 Å². The molecule has 0 spiro atoms. The molecular weight excluding hydrogens is 154 g/mol. The molecule has 0 aliphatic heterocycles. The molecule has 0 aliphatic rings. The molecule has 4 N–H and O–H groups in total. The lowest BCUT2D eigenvalue weighted by Crippen LogP contribution is -2.21. The molecule has 66 valence electrons. The minimum Gasteiger partial charge on any atom is -0.388 e. The molecule has 12 heavy (non-hydrogen) atoms. The van der Waals surface area contributed by atoms with Gasteiger partial charge in [0.1, 0.15) is 6.23 Å². The normalized spacial score (nSPS) is 15.6. The summed E-state index contributed by atoms with van der Waals surface area (Å²) in [6, 6.07) is 9.14. The van der Waals surface area contributed by atoms with Crippen LogP contribution in [0.15, 0.2) is 30.3 Å². The Labute approximate surface area is 71.5 Å². The Balaban J connectivity index is 2.59. The number of hydrogen-bond donors (Lipinski definition) is 3. The van der Waals surface area contributed by atoms with Gasteiger partial charge in [0.05, 0.1) is 6.10 Å². The zero-order valence-electron chi connectivity index (χ0n) is 6.72. The van der Waals surface area contributed by atoms with Gasteiger partial charge in [-0.2, -0.15) is 0 Å². The summed E-state index contributed by atoms with van der Waals surface area (Å²) in [6.45, 7) is 0. The molecule has 0 saturated carbocycles. The van der Waals surface area contributed by atoms with Crippen molar-refractivity contribution in [3.05, 3.63) is 35.9 Å². The average Bonchev–Trinajstić information content (AvgIpc) is 2.05. The first-order chi connectivity index (χ1) is 5.70. The molecule has 0 amide bonds. The van der Waals surface area contributed by atoms with E-state index < -0.39 is 12.3 Å². The Bertz CT molecular complexity index is 223. The third kappa shape index (κ3) is 2.62. The van der Waals surface area contributed by atoms with Crippen LogP contribution in [0, 0.1) is 0 Å². The van der Waals surface area contributed by atoms with Crippen molar-refractivity contribution in [2.75, 3.05) is 0 Å².